The number of hydrogen-bond donors (Lipinski definition) is 0. The topological polar surface area (TPSA) is 43.1 Å². The molecular weight excluding hydrogens is 345 g/mol. The second-order valence-electron chi connectivity index (χ2n) is 6.25. The van der Waals surface area contributed by atoms with Crippen molar-refractivity contribution in [2.75, 3.05) is 0 Å². The lowest BCUT2D eigenvalue weighted by Gasteiger charge is -2.18. The van der Waals surface area contributed by atoms with Gasteiger partial charge in [-0.1, -0.05) is 12.1 Å². The summed E-state index contributed by atoms with van der Waals surface area (Å²) in [6.45, 7) is 1.69. The van der Waals surface area contributed by atoms with Gasteiger partial charge in [0.05, 0.1) is 24.5 Å². The zero-order valence-corrected chi connectivity index (χ0v) is 13.9. The van der Waals surface area contributed by atoms with Gasteiger partial charge in [-0.2, -0.15) is 18.3 Å². The Morgan fingerprint density at radius 2 is 1.85 bits per heavy atom. The lowest BCUT2D eigenvalue weighted by Crippen LogP contribution is -2.38. The number of rotatable bonds is 2. The smallest absolute Gasteiger partial charge is 0.324 e. The van der Waals surface area contributed by atoms with Crippen LogP contribution in [0, 0.1) is 6.92 Å². The average molecular weight is 360 g/mol. The van der Waals surface area contributed by atoms with Crippen LogP contribution in [0.5, 0.6) is 0 Å². The summed E-state index contributed by atoms with van der Waals surface area (Å²) in [6.07, 6.45) is -1.28. The fourth-order valence-corrected chi connectivity index (χ4v) is 3.21. The van der Waals surface area contributed by atoms with Crippen LogP contribution in [0.2, 0.25) is 0 Å². The van der Waals surface area contributed by atoms with Gasteiger partial charge in [-0.25, -0.2) is 4.68 Å². The molecule has 0 fully saturated rings. The quantitative estimate of drug-likeness (QED) is 0.703. The van der Waals surface area contributed by atoms with E-state index >= 15 is 0 Å². The van der Waals surface area contributed by atoms with Crippen molar-refractivity contribution in [2.24, 2.45) is 0 Å². The van der Waals surface area contributed by atoms with E-state index in [9.17, 15) is 18.0 Å². The molecule has 3 aromatic rings. The number of fused-ring (bicyclic) bond motifs is 1. The van der Waals surface area contributed by atoms with Gasteiger partial charge in [0.1, 0.15) is 5.82 Å². The molecule has 134 valence electrons. The van der Waals surface area contributed by atoms with Gasteiger partial charge in [-0.15, -0.1) is 0 Å². The van der Waals surface area contributed by atoms with Crippen LogP contribution in [-0.2, 0) is 17.9 Å². The zero-order chi connectivity index (χ0) is 18.5. The molecule has 8 heteroatoms. The first-order chi connectivity index (χ1) is 12.3. The van der Waals surface area contributed by atoms with E-state index in [1.165, 1.54) is 0 Å². The molecule has 0 spiro atoms. The third kappa shape index (κ3) is 2.67. The Hall–Kier alpha value is -3.03. The van der Waals surface area contributed by atoms with Crippen LogP contribution in [0.1, 0.15) is 16.8 Å². The van der Waals surface area contributed by atoms with E-state index in [0.29, 0.717) is 17.1 Å². The van der Waals surface area contributed by atoms with Gasteiger partial charge in [0.15, 0.2) is 0 Å². The summed E-state index contributed by atoms with van der Waals surface area (Å²) in [5.41, 5.74) is 2.97. The first-order valence-electron chi connectivity index (χ1n) is 8.02. The van der Waals surface area contributed by atoms with Gasteiger partial charge in [0.25, 0.3) is 0 Å². The minimum Gasteiger partial charge on any atom is -0.324 e. The molecule has 1 aliphatic rings. The summed E-state index contributed by atoms with van der Waals surface area (Å²) in [4.78, 5) is 12.4. The molecule has 0 saturated carbocycles. The molecule has 0 saturated heterocycles. The molecule has 1 aliphatic heterocycles. The number of aryl methyl sites for hydroxylation is 1. The van der Waals surface area contributed by atoms with E-state index < -0.39 is 12.1 Å². The number of amides is 1. The van der Waals surface area contributed by atoms with E-state index in [0.717, 1.165) is 16.2 Å². The van der Waals surface area contributed by atoms with Crippen molar-refractivity contribution in [3.8, 4) is 11.5 Å². The van der Waals surface area contributed by atoms with E-state index in [2.05, 4.69) is 5.10 Å². The largest absolute Gasteiger partial charge is 0.471 e. The Bertz CT molecular complexity index is 973. The molecule has 0 aliphatic carbocycles. The van der Waals surface area contributed by atoms with Crippen molar-refractivity contribution >= 4 is 5.91 Å². The van der Waals surface area contributed by atoms with Crippen LogP contribution in [0.4, 0.5) is 13.2 Å². The lowest BCUT2D eigenvalue weighted by molar-refractivity contribution is -0.186. The number of aromatic nitrogens is 3. The van der Waals surface area contributed by atoms with Gasteiger partial charge in [0.2, 0.25) is 0 Å². The van der Waals surface area contributed by atoms with E-state index in [-0.39, 0.29) is 13.1 Å². The molecule has 0 radical (unpaired) electrons. The van der Waals surface area contributed by atoms with Crippen molar-refractivity contribution in [1.82, 2.24) is 19.2 Å². The Morgan fingerprint density at radius 1 is 1.12 bits per heavy atom. The predicted octanol–water partition coefficient (Wildman–Crippen LogP) is 3.38. The minimum atomic E-state index is -4.89. The first kappa shape index (κ1) is 16.4. The van der Waals surface area contributed by atoms with Gasteiger partial charge < -0.3 is 9.47 Å². The maximum absolute atomic E-state index is 12.8. The van der Waals surface area contributed by atoms with Crippen LogP contribution >= 0.6 is 0 Å². The molecule has 3 heterocycles. The minimum absolute atomic E-state index is 0.118. The zero-order valence-electron chi connectivity index (χ0n) is 13.9. The van der Waals surface area contributed by atoms with E-state index in [4.69, 9.17) is 0 Å². The lowest BCUT2D eigenvalue weighted by atomic mass is 10.2. The normalized spacial score (nSPS) is 13.9. The third-order valence-electron chi connectivity index (χ3n) is 4.35. The van der Waals surface area contributed by atoms with Crippen molar-refractivity contribution in [1.29, 1.82) is 0 Å². The number of carbonyl (C=O) groups is 1. The summed E-state index contributed by atoms with van der Waals surface area (Å²) in [6, 6.07) is 11.4. The molecule has 5 nitrogen and oxygen atoms in total. The van der Waals surface area contributed by atoms with Crippen LogP contribution in [0.25, 0.3) is 11.5 Å². The molecule has 0 unspecified atom stereocenters. The van der Waals surface area contributed by atoms with Crippen molar-refractivity contribution in [3.05, 3.63) is 65.6 Å². The van der Waals surface area contributed by atoms with Crippen molar-refractivity contribution in [2.45, 2.75) is 26.2 Å². The Balaban J connectivity index is 1.80. The molecule has 0 atom stereocenters. The number of carbonyl (C=O) groups excluding carboxylic acids is 1. The highest BCUT2D eigenvalue weighted by Crippen LogP contribution is 2.33. The fraction of sp³-hybridized carbons (Fsp3) is 0.222. The van der Waals surface area contributed by atoms with Gasteiger partial charge >= 0.3 is 12.1 Å². The molecule has 0 bridgehead atoms. The summed E-state index contributed by atoms with van der Waals surface area (Å²) < 4.78 is 41.8. The first-order valence-corrected chi connectivity index (χ1v) is 8.02. The van der Waals surface area contributed by atoms with Gasteiger partial charge in [-0.05, 0) is 36.8 Å². The van der Waals surface area contributed by atoms with Crippen molar-refractivity contribution in [3.63, 3.8) is 0 Å². The summed E-state index contributed by atoms with van der Waals surface area (Å²) in [7, 11) is 0. The summed E-state index contributed by atoms with van der Waals surface area (Å²) >= 11 is 0. The number of hydrogen-bond acceptors (Lipinski definition) is 2. The molecule has 4 rings (SSSR count). The maximum Gasteiger partial charge on any atom is 0.471 e. The number of nitrogens with zero attached hydrogens (tertiary/aromatic N) is 4. The Morgan fingerprint density at radius 3 is 2.50 bits per heavy atom. The average Bonchev–Trinajstić information content (AvgIpc) is 3.28. The maximum atomic E-state index is 12.8. The number of alkyl halides is 3. The fourth-order valence-electron chi connectivity index (χ4n) is 3.21. The summed E-state index contributed by atoms with van der Waals surface area (Å²) in [5, 5.41) is 4.51. The highest BCUT2D eigenvalue weighted by molar-refractivity contribution is 5.82. The van der Waals surface area contributed by atoms with Crippen LogP contribution in [0.3, 0.4) is 0 Å². The highest BCUT2D eigenvalue weighted by atomic mass is 19.4. The molecular formula is C18H15F3N4O. The van der Waals surface area contributed by atoms with E-state index in [1.807, 2.05) is 43.3 Å². The second-order valence-corrected chi connectivity index (χ2v) is 6.25. The molecule has 1 aromatic carbocycles. The number of halogens is 3. The molecule has 0 N–H and O–H groups in total. The monoisotopic (exact) mass is 360 g/mol. The molecule has 26 heavy (non-hydrogen) atoms. The molecule has 2 aromatic heterocycles. The second kappa shape index (κ2) is 5.76. The Labute approximate surface area is 147 Å². The standard InChI is InChI=1S/C18H15F3N4O/c1-12-5-4-6-13(9-12)25-16(23-7-2-3-8-23)14-10-24(11-15(14)22-25)17(26)18(19,20)21/h2-9H,10-11H2,1H3. The SMILES string of the molecule is Cc1cccc(-n2nc3c(c2-n2cccc2)CN(C(=O)C(F)(F)F)C3)c1. The Kier molecular flexibility index (Phi) is 3.64. The van der Waals surface area contributed by atoms with Gasteiger partial charge in [0, 0.05) is 18.0 Å². The highest BCUT2D eigenvalue weighted by Gasteiger charge is 2.45. The summed E-state index contributed by atoms with van der Waals surface area (Å²) in [5.74, 6) is -1.19. The van der Waals surface area contributed by atoms with Gasteiger partial charge in [-0.3, -0.25) is 4.79 Å². The predicted molar refractivity (Wildman–Crippen MR) is 87.9 cm³/mol. The van der Waals surface area contributed by atoms with Crippen LogP contribution < -0.4 is 0 Å². The van der Waals surface area contributed by atoms with E-state index in [1.54, 1.807) is 21.6 Å². The third-order valence-corrected chi connectivity index (χ3v) is 4.35. The van der Waals surface area contributed by atoms with Crippen molar-refractivity contribution < 1.29 is 18.0 Å². The number of benzene rings is 1. The van der Waals surface area contributed by atoms with Crippen LogP contribution in [-0.4, -0.2) is 31.3 Å². The van der Waals surface area contributed by atoms with Crippen LogP contribution in [0.15, 0.2) is 48.8 Å². The molecule has 1 amide bonds.